The van der Waals surface area contributed by atoms with Crippen molar-refractivity contribution in [3.8, 4) is 22.8 Å². The highest BCUT2D eigenvalue weighted by molar-refractivity contribution is 9.10. The van der Waals surface area contributed by atoms with E-state index in [4.69, 9.17) is 0 Å². The maximum Gasteiger partial charge on any atom is 0.234 e. The molecule has 1 aromatic heterocycles. The van der Waals surface area contributed by atoms with Gasteiger partial charge in [-0.3, -0.25) is 9.36 Å². The molecule has 0 spiro atoms. The number of rotatable bonds is 6. The summed E-state index contributed by atoms with van der Waals surface area (Å²) in [6.07, 6.45) is 0. The third-order valence-electron chi connectivity index (χ3n) is 4.85. The molecule has 0 aliphatic rings. The number of aromatic nitrogens is 3. The highest BCUT2D eigenvalue weighted by Crippen LogP contribution is 2.34. The molecule has 2 N–H and O–H groups in total. The average Bonchev–Trinajstić information content (AvgIpc) is 3.21. The van der Waals surface area contributed by atoms with Gasteiger partial charge < -0.3 is 10.4 Å². The first-order valence-electron chi connectivity index (χ1n) is 9.92. The molecule has 3 aromatic carbocycles. The summed E-state index contributed by atoms with van der Waals surface area (Å²) >= 11 is 4.74. The molecule has 0 saturated carbocycles. The summed E-state index contributed by atoms with van der Waals surface area (Å²) in [5, 5.41) is 22.6. The Morgan fingerprint density at radius 3 is 2.62 bits per heavy atom. The number of hydrogen-bond acceptors (Lipinski definition) is 5. The number of carbonyl (C=O) groups is 1. The highest BCUT2D eigenvalue weighted by Gasteiger charge is 2.20. The topological polar surface area (TPSA) is 80.0 Å². The maximum absolute atomic E-state index is 12.6. The predicted octanol–water partition coefficient (Wildman–Crippen LogP) is 5.75. The fourth-order valence-corrected chi connectivity index (χ4v) is 4.33. The van der Waals surface area contributed by atoms with Crippen molar-refractivity contribution in [2.75, 3.05) is 11.1 Å². The third kappa shape index (κ3) is 4.87. The van der Waals surface area contributed by atoms with Crippen LogP contribution in [0.2, 0.25) is 0 Å². The minimum Gasteiger partial charge on any atom is -0.507 e. The fraction of sp³-hybridized carbons (Fsp3) is 0.125. The molecule has 1 heterocycles. The van der Waals surface area contributed by atoms with Gasteiger partial charge >= 0.3 is 0 Å². The van der Waals surface area contributed by atoms with Gasteiger partial charge in [0.15, 0.2) is 11.0 Å². The molecule has 1 amide bonds. The number of carbonyl (C=O) groups excluding carboxylic acids is 1. The summed E-state index contributed by atoms with van der Waals surface area (Å²) in [5.41, 5.74) is 4.28. The number of anilines is 1. The molecule has 0 saturated heterocycles. The van der Waals surface area contributed by atoms with Crippen LogP contribution in [0.15, 0.2) is 76.4 Å². The zero-order valence-electron chi connectivity index (χ0n) is 17.5. The lowest BCUT2D eigenvalue weighted by atomic mass is 10.1. The Labute approximate surface area is 198 Å². The Bertz CT molecular complexity index is 1270. The SMILES string of the molecule is Cc1ccc(C)c(NC(=O)CSc2nnc(-c3cc(Br)ccc3O)n2-c2ccccc2)c1. The standard InChI is InChI=1S/C24H21BrN4O2S/c1-15-8-9-16(2)20(12-15)26-22(31)14-32-24-28-27-23(19-13-17(25)10-11-21(19)30)29(24)18-6-4-3-5-7-18/h3-13,30H,14H2,1-2H3,(H,26,31). The molecule has 0 unspecified atom stereocenters. The van der Waals surface area contributed by atoms with Gasteiger partial charge in [0.2, 0.25) is 5.91 Å². The van der Waals surface area contributed by atoms with E-state index in [0.29, 0.717) is 16.5 Å². The van der Waals surface area contributed by atoms with Crippen LogP contribution in [-0.2, 0) is 4.79 Å². The highest BCUT2D eigenvalue weighted by atomic mass is 79.9. The van der Waals surface area contributed by atoms with Crippen molar-refractivity contribution in [3.05, 3.63) is 82.3 Å². The summed E-state index contributed by atoms with van der Waals surface area (Å²) in [4.78, 5) is 12.6. The summed E-state index contributed by atoms with van der Waals surface area (Å²) in [5.74, 6) is 0.635. The normalized spacial score (nSPS) is 10.8. The number of hydrogen-bond donors (Lipinski definition) is 2. The maximum atomic E-state index is 12.6. The van der Waals surface area contributed by atoms with E-state index in [9.17, 15) is 9.90 Å². The van der Waals surface area contributed by atoms with Gasteiger partial charge in [-0.1, -0.05) is 58.0 Å². The van der Waals surface area contributed by atoms with E-state index in [1.165, 1.54) is 11.8 Å². The predicted molar refractivity (Wildman–Crippen MR) is 131 cm³/mol. The second-order valence-electron chi connectivity index (χ2n) is 7.29. The molecule has 4 rings (SSSR count). The van der Waals surface area contributed by atoms with Gasteiger partial charge in [0, 0.05) is 15.8 Å². The summed E-state index contributed by atoms with van der Waals surface area (Å²) in [7, 11) is 0. The van der Waals surface area contributed by atoms with Gasteiger partial charge in [-0.2, -0.15) is 0 Å². The van der Waals surface area contributed by atoms with Crippen molar-refractivity contribution in [1.29, 1.82) is 0 Å². The first-order chi connectivity index (χ1) is 15.4. The van der Waals surface area contributed by atoms with E-state index in [0.717, 1.165) is 27.0 Å². The number of benzene rings is 3. The molecular formula is C24H21BrN4O2S. The molecule has 0 fully saturated rings. The summed E-state index contributed by atoms with van der Waals surface area (Å²) in [6.45, 7) is 3.95. The van der Waals surface area contributed by atoms with Crippen LogP contribution < -0.4 is 5.32 Å². The van der Waals surface area contributed by atoms with Crippen LogP contribution in [0.3, 0.4) is 0 Å². The van der Waals surface area contributed by atoms with Gasteiger partial charge in [0.25, 0.3) is 0 Å². The van der Waals surface area contributed by atoms with Gasteiger partial charge in [-0.15, -0.1) is 10.2 Å². The largest absolute Gasteiger partial charge is 0.507 e. The second kappa shape index (κ2) is 9.58. The van der Waals surface area contributed by atoms with E-state index >= 15 is 0 Å². The lowest BCUT2D eigenvalue weighted by Crippen LogP contribution is -2.15. The Morgan fingerprint density at radius 2 is 1.84 bits per heavy atom. The molecule has 0 bridgehead atoms. The number of thioether (sulfide) groups is 1. The minimum atomic E-state index is -0.127. The lowest BCUT2D eigenvalue weighted by molar-refractivity contribution is -0.113. The van der Waals surface area contributed by atoms with Crippen molar-refractivity contribution in [3.63, 3.8) is 0 Å². The minimum absolute atomic E-state index is 0.0991. The van der Waals surface area contributed by atoms with Crippen molar-refractivity contribution >= 4 is 39.3 Å². The monoisotopic (exact) mass is 508 g/mol. The quantitative estimate of drug-likeness (QED) is 0.324. The molecule has 0 aliphatic heterocycles. The zero-order valence-corrected chi connectivity index (χ0v) is 19.9. The van der Waals surface area contributed by atoms with Crippen molar-refractivity contribution < 1.29 is 9.90 Å². The molecule has 4 aromatic rings. The lowest BCUT2D eigenvalue weighted by Gasteiger charge is -2.12. The Hall–Kier alpha value is -3.10. The van der Waals surface area contributed by atoms with Crippen LogP contribution in [0, 0.1) is 13.8 Å². The number of nitrogens with zero attached hydrogens (tertiary/aromatic N) is 3. The van der Waals surface area contributed by atoms with Gasteiger partial charge in [-0.05, 0) is 61.4 Å². The number of halogens is 1. The molecule has 162 valence electrons. The number of para-hydroxylation sites is 1. The number of phenols is 1. The third-order valence-corrected chi connectivity index (χ3v) is 6.27. The van der Waals surface area contributed by atoms with Crippen LogP contribution >= 0.6 is 27.7 Å². The second-order valence-corrected chi connectivity index (χ2v) is 9.15. The van der Waals surface area contributed by atoms with Crippen molar-refractivity contribution in [2.45, 2.75) is 19.0 Å². The average molecular weight is 509 g/mol. The Kier molecular flexibility index (Phi) is 6.62. The zero-order chi connectivity index (χ0) is 22.7. The van der Waals surface area contributed by atoms with Crippen molar-refractivity contribution in [1.82, 2.24) is 14.8 Å². The van der Waals surface area contributed by atoms with E-state index in [1.807, 2.05) is 66.9 Å². The Balaban J connectivity index is 1.63. The molecule has 0 atom stereocenters. The summed E-state index contributed by atoms with van der Waals surface area (Å²) in [6, 6.07) is 20.7. The molecule has 6 nitrogen and oxygen atoms in total. The van der Waals surface area contributed by atoms with Crippen LogP contribution in [-0.4, -0.2) is 31.5 Å². The van der Waals surface area contributed by atoms with Crippen molar-refractivity contribution in [2.24, 2.45) is 0 Å². The van der Waals surface area contributed by atoms with Crippen LogP contribution in [0.5, 0.6) is 5.75 Å². The van der Waals surface area contributed by atoms with Gasteiger partial charge in [-0.25, -0.2) is 0 Å². The smallest absolute Gasteiger partial charge is 0.234 e. The summed E-state index contributed by atoms with van der Waals surface area (Å²) < 4.78 is 2.66. The number of aromatic hydroxyl groups is 1. The number of amides is 1. The number of aryl methyl sites for hydroxylation is 2. The van der Waals surface area contributed by atoms with Crippen LogP contribution in [0.25, 0.3) is 17.1 Å². The van der Waals surface area contributed by atoms with Crippen LogP contribution in [0.4, 0.5) is 5.69 Å². The van der Waals surface area contributed by atoms with Crippen LogP contribution in [0.1, 0.15) is 11.1 Å². The molecule has 0 aliphatic carbocycles. The van der Waals surface area contributed by atoms with E-state index < -0.39 is 0 Å². The van der Waals surface area contributed by atoms with Gasteiger partial charge in [0.1, 0.15) is 5.75 Å². The van der Waals surface area contributed by atoms with E-state index in [-0.39, 0.29) is 17.4 Å². The number of nitrogens with one attached hydrogen (secondary N) is 1. The van der Waals surface area contributed by atoms with E-state index in [1.54, 1.807) is 18.2 Å². The first-order valence-corrected chi connectivity index (χ1v) is 11.7. The number of phenolic OH excluding ortho intramolecular Hbond substituents is 1. The first kappa shape index (κ1) is 22.1. The molecule has 8 heteroatoms. The van der Waals surface area contributed by atoms with Gasteiger partial charge in [0.05, 0.1) is 11.3 Å². The molecular weight excluding hydrogens is 488 g/mol. The molecule has 0 radical (unpaired) electrons. The Morgan fingerprint density at radius 1 is 1.06 bits per heavy atom. The molecule has 32 heavy (non-hydrogen) atoms. The van der Waals surface area contributed by atoms with E-state index in [2.05, 4.69) is 31.4 Å². The fourth-order valence-electron chi connectivity index (χ4n) is 3.22.